The minimum absolute atomic E-state index is 0.0644. The van der Waals surface area contributed by atoms with Crippen LogP contribution in [-0.4, -0.2) is 32.9 Å². The molecule has 2 rings (SSSR count). The zero-order chi connectivity index (χ0) is 14.9. The van der Waals surface area contributed by atoms with Gasteiger partial charge in [0.25, 0.3) is 0 Å². The number of nitrogens with two attached hydrogens (primary N) is 1. The highest BCUT2D eigenvalue weighted by atomic mass is 79.9. The molecule has 1 aliphatic carbocycles. The van der Waals surface area contributed by atoms with Crippen LogP contribution in [0.15, 0.2) is 21.5 Å². The molecule has 0 amide bonds. The molecule has 0 spiro atoms. The molecular formula is C13H19BrN2O3S. The lowest BCUT2D eigenvalue weighted by Crippen LogP contribution is -2.35. The van der Waals surface area contributed by atoms with Crippen LogP contribution in [0.5, 0.6) is 5.75 Å². The van der Waals surface area contributed by atoms with E-state index in [0.29, 0.717) is 15.9 Å². The number of halogens is 1. The Morgan fingerprint density at radius 2 is 1.95 bits per heavy atom. The van der Waals surface area contributed by atoms with Crippen LogP contribution in [0.3, 0.4) is 0 Å². The van der Waals surface area contributed by atoms with Crippen molar-refractivity contribution < 1.29 is 13.2 Å². The molecule has 0 unspecified atom stereocenters. The summed E-state index contributed by atoms with van der Waals surface area (Å²) in [6, 6.07) is 3.10. The second kappa shape index (κ2) is 5.91. The zero-order valence-electron chi connectivity index (χ0n) is 11.6. The van der Waals surface area contributed by atoms with Crippen LogP contribution in [0.2, 0.25) is 0 Å². The van der Waals surface area contributed by atoms with Crippen molar-refractivity contribution >= 4 is 31.6 Å². The van der Waals surface area contributed by atoms with Gasteiger partial charge < -0.3 is 10.5 Å². The maximum absolute atomic E-state index is 12.7. The Balaban J connectivity index is 2.45. The molecule has 0 radical (unpaired) electrons. The van der Waals surface area contributed by atoms with Gasteiger partial charge in [-0.3, -0.25) is 0 Å². The summed E-state index contributed by atoms with van der Waals surface area (Å²) >= 11 is 3.28. The molecule has 0 saturated heterocycles. The fraction of sp³-hybridized carbons (Fsp3) is 0.538. The third-order valence-electron chi connectivity index (χ3n) is 3.78. The monoisotopic (exact) mass is 362 g/mol. The van der Waals surface area contributed by atoms with E-state index in [1.54, 1.807) is 13.1 Å². The van der Waals surface area contributed by atoms with Gasteiger partial charge in [-0.25, -0.2) is 8.42 Å². The predicted octanol–water partition coefficient (Wildman–Crippen LogP) is 2.60. The number of hydrogen-bond donors (Lipinski definition) is 1. The molecule has 1 aliphatic rings. The quantitative estimate of drug-likeness (QED) is 0.835. The molecule has 2 N–H and O–H groups in total. The van der Waals surface area contributed by atoms with Gasteiger partial charge in [-0.05, 0) is 40.9 Å². The van der Waals surface area contributed by atoms with Gasteiger partial charge in [0.15, 0.2) is 0 Å². The van der Waals surface area contributed by atoms with Crippen molar-refractivity contribution in [2.45, 2.75) is 36.6 Å². The van der Waals surface area contributed by atoms with Gasteiger partial charge in [0.05, 0.1) is 7.11 Å². The van der Waals surface area contributed by atoms with Crippen molar-refractivity contribution in [3.63, 3.8) is 0 Å². The number of methoxy groups -OCH3 is 1. The van der Waals surface area contributed by atoms with Crippen LogP contribution < -0.4 is 10.5 Å². The lowest BCUT2D eigenvalue weighted by Gasteiger charge is -2.24. The van der Waals surface area contributed by atoms with Crippen LogP contribution in [0.4, 0.5) is 5.69 Å². The van der Waals surface area contributed by atoms with Crippen molar-refractivity contribution in [1.29, 1.82) is 0 Å². The van der Waals surface area contributed by atoms with Gasteiger partial charge in [0.1, 0.15) is 10.6 Å². The molecule has 0 heterocycles. The van der Waals surface area contributed by atoms with E-state index in [2.05, 4.69) is 15.9 Å². The van der Waals surface area contributed by atoms with Crippen molar-refractivity contribution in [2.24, 2.45) is 0 Å². The summed E-state index contributed by atoms with van der Waals surface area (Å²) in [5.41, 5.74) is 6.19. The van der Waals surface area contributed by atoms with Gasteiger partial charge >= 0.3 is 0 Å². The van der Waals surface area contributed by atoms with Crippen LogP contribution in [-0.2, 0) is 10.0 Å². The fourth-order valence-corrected chi connectivity index (χ4v) is 4.44. The van der Waals surface area contributed by atoms with Crippen molar-refractivity contribution in [1.82, 2.24) is 4.31 Å². The third-order valence-corrected chi connectivity index (χ3v) is 6.40. The molecule has 1 fully saturated rings. The first kappa shape index (κ1) is 15.6. The maximum Gasteiger partial charge on any atom is 0.246 e. The molecule has 0 bridgehead atoms. The summed E-state index contributed by atoms with van der Waals surface area (Å²) in [4.78, 5) is 0.120. The van der Waals surface area contributed by atoms with Gasteiger partial charge in [-0.2, -0.15) is 4.31 Å². The van der Waals surface area contributed by atoms with E-state index in [9.17, 15) is 8.42 Å². The fourth-order valence-electron chi connectivity index (χ4n) is 2.53. The standard InChI is InChI=1S/C13H19BrN2O3S/c1-16(9-5-3-4-6-9)20(17,18)13-8-11(15)10(14)7-12(13)19-2/h7-9H,3-6,15H2,1-2H3. The summed E-state index contributed by atoms with van der Waals surface area (Å²) in [7, 11) is -0.518. The van der Waals surface area contributed by atoms with Gasteiger partial charge in [0, 0.05) is 23.2 Å². The zero-order valence-corrected chi connectivity index (χ0v) is 14.0. The second-order valence-electron chi connectivity index (χ2n) is 4.98. The highest BCUT2D eigenvalue weighted by Crippen LogP contribution is 2.35. The Bertz CT molecular complexity index is 598. The molecular weight excluding hydrogens is 344 g/mol. The molecule has 1 aromatic carbocycles. The molecule has 7 heteroatoms. The summed E-state index contributed by atoms with van der Waals surface area (Å²) in [6.07, 6.45) is 3.96. The first-order chi connectivity index (χ1) is 9.37. The number of nitrogens with zero attached hydrogens (tertiary/aromatic N) is 1. The Morgan fingerprint density at radius 3 is 2.50 bits per heavy atom. The van der Waals surface area contributed by atoms with E-state index in [4.69, 9.17) is 10.5 Å². The number of benzene rings is 1. The van der Waals surface area contributed by atoms with Crippen molar-refractivity contribution in [3.8, 4) is 5.75 Å². The smallest absolute Gasteiger partial charge is 0.246 e. The SMILES string of the molecule is COc1cc(Br)c(N)cc1S(=O)(=O)N(C)C1CCCC1. The predicted molar refractivity (Wildman–Crippen MR) is 82.3 cm³/mol. The summed E-state index contributed by atoms with van der Waals surface area (Å²) in [5, 5.41) is 0. The Kier molecular flexibility index (Phi) is 4.61. The van der Waals surface area contributed by atoms with E-state index in [0.717, 1.165) is 25.7 Å². The Labute approximate surface area is 128 Å². The van der Waals surface area contributed by atoms with Crippen LogP contribution in [0.1, 0.15) is 25.7 Å². The first-order valence-electron chi connectivity index (χ1n) is 6.49. The molecule has 0 atom stereocenters. The summed E-state index contributed by atoms with van der Waals surface area (Å²) < 4.78 is 32.7. The average molecular weight is 363 g/mol. The van der Waals surface area contributed by atoms with Crippen molar-refractivity contribution in [2.75, 3.05) is 19.9 Å². The number of anilines is 1. The molecule has 1 aromatic rings. The average Bonchev–Trinajstić information content (AvgIpc) is 2.94. The highest BCUT2D eigenvalue weighted by molar-refractivity contribution is 9.10. The topological polar surface area (TPSA) is 72.6 Å². The van der Waals surface area contributed by atoms with Crippen LogP contribution in [0.25, 0.3) is 0 Å². The molecule has 0 aliphatic heterocycles. The maximum atomic E-state index is 12.7. The molecule has 112 valence electrons. The largest absolute Gasteiger partial charge is 0.495 e. The number of hydrogen-bond acceptors (Lipinski definition) is 4. The third kappa shape index (κ3) is 2.80. The van der Waals surface area contributed by atoms with E-state index in [1.165, 1.54) is 17.5 Å². The first-order valence-corrected chi connectivity index (χ1v) is 8.72. The summed E-state index contributed by atoms with van der Waals surface area (Å²) in [6.45, 7) is 0. The van der Waals surface area contributed by atoms with Gasteiger partial charge in [0.2, 0.25) is 10.0 Å². The van der Waals surface area contributed by atoms with Crippen molar-refractivity contribution in [3.05, 3.63) is 16.6 Å². The molecule has 20 heavy (non-hydrogen) atoms. The van der Waals surface area contributed by atoms with E-state index in [-0.39, 0.29) is 10.9 Å². The minimum atomic E-state index is -3.60. The van der Waals surface area contributed by atoms with E-state index >= 15 is 0 Å². The number of nitrogen functional groups attached to an aromatic ring is 1. The molecule has 0 aromatic heterocycles. The Morgan fingerprint density at radius 1 is 1.35 bits per heavy atom. The van der Waals surface area contributed by atoms with E-state index in [1.807, 2.05) is 0 Å². The normalized spacial score (nSPS) is 16.8. The van der Waals surface area contributed by atoms with Gasteiger partial charge in [-0.15, -0.1) is 0 Å². The Hall–Kier alpha value is -0.790. The lowest BCUT2D eigenvalue weighted by atomic mass is 10.3. The second-order valence-corrected chi connectivity index (χ2v) is 7.80. The summed E-state index contributed by atoms with van der Waals surface area (Å²) in [5.74, 6) is 0.302. The van der Waals surface area contributed by atoms with Crippen LogP contribution >= 0.6 is 15.9 Å². The van der Waals surface area contributed by atoms with E-state index < -0.39 is 10.0 Å². The number of rotatable bonds is 4. The molecule has 1 saturated carbocycles. The number of ether oxygens (including phenoxy) is 1. The minimum Gasteiger partial charge on any atom is -0.495 e. The highest BCUT2D eigenvalue weighted by Gasteiger charge is 2.32. The van der Waals surface area contributed by atoms with Crippen LogP contribution in [0, 0.1) is 0 Å². The van der Waals surface area contributed by atoms with Gasteiger partial charge in [-0.1, -0.05) is 12.8 Å². The number of sulfonamides is 1. The molecule has 5 nitrogen and oxygen atoms in total. The lowest BCUT2D eigenvalue weighted by molar-refractivity contribution is 0.365.